The molecule has 3 aliphatic rings. The predicted octanol–water partition coefficient (Wildman–Crippen LogP) is 0.208. The van der Waals surface area contributed by atoms with Crippen LogP contribution in [-0.4, -0.2) is 48.1 Å². The van der Waals surface area contributed by atoms with Gasteiger partial charge in [0.25, 0.3) is 0 Å². The summed E-state index contributed by atoms with van der Waals surface area (Å²) in [6.45, 7) is 4.12. The van der Waals surface area contributed by atoms with Gasteiger partial charge in [0.1, 0.15) is 0 Å². The Morgan fingerprint density at radius 3 is 2.87 bits per heavy atom. The van der Waals surface area contributed by atoms with Gasteiger partial charge in [0.2, 0.25) is 5.91 Å². The lowest BCUT2D eigenvalue weighted by molar-refractivity contribution is -0.139. The Labute approximate surface area is 90.6 Å². The van der Waals surface area contributed by atoms with Crippen LogP contribution in [0, 0.1) is 5.92 Å². The van der Waals surface area contributed by atoms with Crippen molar-refractivity contribution in [1.29, 1.82) is 0 Å². The second-order valence-electron chi connectivity index (χ2n) is 4.98. The molecule has 0 spiro atoms. The first-order valence-electron chi connectivity index (χ1n) is 6.12. The van der Waals surface area contributed by atoms with Gasteiger partial charge in [0, 0.05) is 25.6 Å². The van der Waals surface area contributed by atoms with Crippen molar-refractivity contribution in [3.05, 3.63) is 0 Å². The molecule has 1 aliphatic carbocycles. The number of nitrogens with one attached hydrogen (secondary N) is 1. The Balaban J connectivity index is 1.62. The third-order valence-electron chi connectivity index (χ3n) is 3.71. The van der Waals surface area contributed by atoms with Crippen LogP contribution in [0.15, 0.2) is 0 Å². The molecule has 1 amide bonds. The van der Waals surface area contributed by atoms with E-state index < -0.39 is 0 Å². The van der Waals surface area contributed by atoms with Crippen LogP contribution in [0.3, 0.4) is 0 Å². The number of carbonyl (C=O) groups is 1. The molecule has 4 heteroatoms. The molecule has 84 valence electrons. The molecule has 0 radical (unpaired) electrons. The van der Waals surface area contributed by atoms with Gasteiger partial charge in [-0.05, 0) is 38.3 Å². The monoisotopic (exact) mass is 209 g/mol. The number of rotatable bonds is 3. The summed E-state index contributed by atoms with van der Waals surface area (Å²) in [5, 5.41) is 7.72. The van der Waals surface area contributed by atoms with Crippen LogP contribution in [0.2, 0.25) is 0 Å². The van der Waals surface area contributed by atoms with Crippen LogP contribution >= 0.6 is 0 Å². The molecular weight excluding hydrogens is 190 g/mol. The number of amides is 1. The largest absolute Gasteiger partial charge is 0.316 e. The Morgan fingerprint density at radius 1 is 1.33 bits per heavy atom. The van der Waals surface area contributed by atoms with Crippen molar-refractivity contribution in [3.8, 4) is 0 Å². The molecule has 1 saturated carbocycles. The SMILES string of the molecule is O=C1CCN(C2CC2)N1CC1CCNC1. The van der Waals surface area contributed by atoms with E-state index in [4.69, 9.17) is 0 Å². The van der Waals surface area contributed by atoms with E-state index in [1.807, 2.05) is 5.01 Å². The maximum absolute atomic E-state index is 11.8. The fourth-order valence-corrected chi connectivity index (χ4v) is 2.68. The summed E-state index contributed by atoms with van der Waals surface area (Å²) in [4.78, 5) is 11.8. The second kappa shape index (κ2) is 3.76. The quantitative estimate of drug-likeness (QED) is 0.721. The normalized spacial score (nSPS) is 32.9. The molecule has 1 N–H and O–H groups in total. The van der Waals surface area contributed by atoms with Gasteiger partial charge < -0.3 is 5.32 Å². The molecule has 4 nitrogen and oxygen atoms in total. The maximum atomic E-state index is 11.8. The van der Waals surface area contributed by atoms with Crippen LogP contribution in [-0.2, 0) is 4.79 Å². The molecule has 0 aromatic carbocycles. The van der Waals surface area contributed by atoms with Gasteiger partial charge >= 0.3 is 0 Å². The fourth-order valence-electron chi connectivity index (χ4n) is 2.68. The molecule has 1 unspecified atom stereocenters. The summed E-state index contributed by atoms with van der Waals surface area (Å²) in [5.41, 5.74) is 0. The Hall–Kier alpha value is -0.610. The highest BCUT2D eigenvalue weighted by Gasteiger charge is 2.40. The number of hydrazine groups is 1. The van der Waals surface area contributed by atoms with Crippen LogP contribution in [0.5, 0.6) is 0 Å². The summed E-state index contributed by atoms with van der Waals surface area (Å²) >= 11 is 0. The summed E-state index contributed by atoms with van der Waals surface area (Å²) in [6, 6.07) is 0.686. The number of nitrogens with zero attached hydrogens (tertiary/aromatic N) is 2. The first-order chi connectivity index (χ1) is 7.34. The van der Waals surface area contributed by atoms with E-state index in [0.717, 1.165) is 32.6 Å². The Morgan fingerprint density at radius 2 is 2.20 bits per heavy atom. The van der Waals surface area contributed by atoms with Crippen molar-refractivity contribution in [2.75, 3.05) is 26.2 Å². The third kappa shape index (κ3) is 1.88. The minimum atomic E-state index is 0.341. The van der Waals surface area contributed by atoms with Gasteiger partial charge in [-0.1, -0.05) is 0 Å². The molecule has 0 aromatic rings. The fraction of sp³-hybridized carbons (Fsp3) is 0.909. The first kappa shape index (κ1) is 9.60. The van der Waals surface area contributed by atoms with Crippen LogP contribution in [0.1, 0.15) is 25.7 Å². The Bertz CT molecular complexity index is 259. The second-order valence-corrected chi connectivity index (χ2v) is 4.98. The lowest BCUT2D eigenvalue weighted by Gasteiger charge is -2.30. The zero-order chi connectivity index (χ0) is 10.3. The highest BCUT2D eigenvalue weighted by molar-refractivity contribution is 5.77. The smallest absolute Gasteiger partial charge is 0.238 e. The van der Waals surface area contributed by atoms with Gasteiger partial charge in [-0.3, -0.25) is 9.80 Å². The highest BCUT2D eigenvalue weighted by atomic mass is 16.2. The lowest BCUT2D eigenvalue weighted by Crippen LogP contribution is -2.43. The van der Waals surface area contributed by atoms with E-state index in [1.54, 1.807) is 0 Å². The number of carbonyl (C=O) groups excluding carboxylic acids is 1. The molecule has 3 fully saturated rings. The molecule has 2 heterocycles. The molecule has 2 aliphatic heterocycles. The summed E-state index contributed by atoms with van der Waals surface area (Å²) in [5.74, 6) is 1.02. The van der Waals surface area contributed by atoms with Crippen LogP contribution in [0.25, 0.3) is 0 Å². The zero-order valence-electron chi connectivity index (χ0n) is 9.11. The molecule has 15 heavy (non-hydrogen) atoms. The number of hydrogen-bond donors (Lipinski definition) is 1. The molecular formula is C11H19N3O. The lowest BCUT2D eigenvalue weighted by atomic mass is 10.1. The molecule has 1 atom stereocenters. The van der Waals surface area contributed by atoms with Crippen molar-refractivity contribution in [2.24, 2.45) is 5.92 Å². The van der Waals surface area contributed by atoms with Gasteiger partial charge in [0.05, 0.1) is 0 Å². The van der Waals surface area contributed by atoms with Gasteiger partial charge in [-0.15, -0.1) is 0 Å². The minimum absolute atomic E-state index is 0.341. The van der Waals surface area contributed by atoms with Crippen molar-refractivity contribution in [2.45, 2.75) is 31.7 Å². The van der Waals surface area contributed by atoms with Crippen molar-refractivity contribution < 1.29 is 4.79 Å². The average Bonchev–Trinajstić information content (AvgIpc) is 2.82. The zero-order valence-corrected chi connectivity index (χ0v) is 9.11. The highest BCUT2D eigenvalue weighted by Crippen LogP contribution is 2.32. The van der Waals surface area contributed by atoms with E-state index >= 15 is 0 Å². The van der Waals surface area contributed by atoms with Gasteiger partial charge in [-0.25, -0.2) is 5.01 Å². The molecule has 0 aromatic heterocycles. The van der Waals surface area contributed by atoms with E-state index in [2.05, 4.69) is 10.3 Å². The first-order valence-corrected chi connectivity index (χ1v) is 6.12. The summed E-state index contributed by atoms with van der Waals surface area (Å²) in [7, 11) is 0. The van der Waals surface area contributed by atoms with Gasteiger partial charge in [-0.2, -0.15) is 0 Å². The number of hydrogen-bond acceptors (Lipinski definition) is 3. The van der Waals surface area contributed by atoms with Crippen molar-refractivity contribution in [1.82, 2.24) is 15.3 Å². The predicted molar refractivity (Wildman–Crippen MR) is 57.0 cm³/mol. The van der Waals surface area contributed by atoms with Crippen LogP contribution < -0.4 is 5.32 Å². The van der Waals surface area contributed by atoms with Crippen molar-refractivity contribution in [3.63, 3.8) is 0 Å². The molecule has 0 bridgehead atoms. The topological polar surface area (TPSA) is 35.6 Å². The summed E-state index contributed by atoms with van der Waals surface area (Å²) < 4.78 is 0. The molecule has 2 saturated heterocycles. The van der Waals surface area contributed by atoms with Gasteiger partial charge in [0.15, 0.2) is 0 Å². The van der Waals surface area contributed by atoms with E-state index in [0.29, 0.717) is 17.9 Å². The maximum Gasteiger partial charge on any atom is 0.238 e. The standard InChI is InChI=1S/C11H19N3O/c15-11-4-6-13(10-1-2-10)14(11)8-9-3-5-12-7-9/h9-10,12H,1-8H2. The van der Waals surface area contributed by atoms with Crippen molar-refractivity contribution >= 4 is 5.91 Å². The molecule has 3 rings (SSSR count). The van der Waals surface area contributed by atoms with E-state index in [-0.39, 0.29) is 0 Å². The summed E-state index contributed by atoms with van der Waals surface area (Å²) in [6.07, 6.45) is 4.53. The van der Waals surface area contributed by atoms with E-state index in [9.17, 15) is 4.79 Å². The Kier molecular flexibility index (Phi) is 2.41. The average molecular weight is 209 g/mol. The minimum Gasteiger partial charge on any atom is -0.316 e. The van der Waals surface area contributed by atoms with E-state index in [1.165, 1.54) is 19.3 Å². The third-order valence-corrected chi connectivity index (χ3v) is 3.71. The van der Waals surface area contributed by atoms with Crippen LogP contribution in [0.4, 0.5) is 0 Å².